The van der Waals surface area contributed by atoms with Crippen LogP contribution in [0.5, 0.6) is 0 Å². The number of hydrogen-bond acceptors (Lipinski definition) is 7. The molecular formula is C16H22N6O. The minimum atomic E-state index is -0.0102. The zero-order valence-corrected chi connectivity index (χ0v) is 13.3. The molecule has 23 heavy (non-hydrogen) atoms. The highest BCUT2D eigenvalue weighted by molar-refractivity contribution is 5.48. The molecule has 2 N–H and O–H groups in total. The van der Waals surface area contributed by atoms with Gasteiger partial charge in [-0.1, -0.05) is 0 Å². The summed E-state index contributed by atoms with van der Waals surface area (Å²) in [5.41, 5.74) is 2.66. The molecule has 0 atom stereocenters. The van der Waals surface area contributed by atoms with E-state index in [1.807, 2.05) is 12.4 Å². The second-order valence-electron chi connectivity index (χ2n) is 5.73. The van der Waals surface area contributed by atoms with Crippen molar-refractivity contribution >= 4 is 11.6 Å². The third kappa shape index (κ3) is 3.94. The number of nitrogens with zero attached hydrogens (tertiary/aromatic N) is 5. The van der Waals surface area contributed by atoms with Crippen LogP contribution >= 0.6 is 0 Å². The Morgan fingerprint density at radius 1 is 1.13 bits per heavy atom. The number of anilines is 2. The van der Waals surface area contributed by atoms with E-state index < -0.39 is 0 Å². The van der Waals surface area contributed by atoms with Gasteiger partial charge < -0.3 is 20.2 Å². The molecule has 7 nitrogen and oxygen atoms in total. The summed E-state index contributed by atoms with van der Waals surface area (Å²) in [6.07, 6.45) is 7.08. The fraction of sp³-hybridized carbons (Fsp3) is 0.438. The molecule has 122 valence electrons. The Bertz CT molecular complexity index is 625. The molecule has 7 heteroatoms. The number of aliphatic hydroxyl groups is 1. The summed E-state index contributed by atoms with van der Waals surface area (Å²) in [5.74, 6) is 0.791. The first kappa shape index (κ1) is 15.6. The lowest BCUT2D eigenvalue weighted by atomic mass is 10.2. The molecule has 3 rings (SSSR count). The van der Waals surface area contributed by atoms with Crippen molar-refractivity contribution in [2.24, 2.45) is 0 Å². The molecule has 1 fully saturated rings. The van der Waals surface area contributed by atoms with Crippen molar-refractivity contribution in [1.82, 2.24) is 19.9 Å². The Hall–Kier alpha value is -2.25. The molecule has 0 bridgehead atoms. The third-order valence-electron chi connectivity index (χ3n) is 4.04. The highest BCUT2D eigenvalue weighted by atomic mass is 16.3. The molecule has 2 aromatic heterocycles. The van der Waals surface area contributed by atoms with Crippen molar-refractivity contribution in [2.75, 3.05) is 43.4 Å². The zero-order chi connectivity index (χ0) is 16.1. The van der Waals surface area contributed by atoms with Gasteiger partial charge in [0.05, 0.1) is 18.5 Å². The summed E-state index contributed by atoms with van der Waals surface area (Å²) in [6.45, 7) is 4.59. The van der Waals surface area contributed by atoms with Crippen molar-refractivity contribution in [2.45, 2.75) is 13.2 Å². The molecule has 0 unspecified atom stereocenters. The minimum Gasteiger partial charge on any atom is -0.392 e. The Morgan fingerprint density at radius 2 is 1.87 bits per heavy atom. The van der Waals surface area contributed by atoms with Crippen molar-refractivity contribution < 1.29 is 5.11 Å². The second-order valence-corrected chi connectivity index (χ2v) is 5.73. The van der Waals surface area contributed by atoms with Crippen LogP contribution in [0.4, 0.5) is 11.6 Å². The molecule has 1 aliphatic rings. The van der Waals surface area contributed by atoms with Gasteiger partial charge in [0.25, 0.3) is 0 Å². The lowest BCUT2D eigenvalue weighted by Crippen LogP contribution is -2.45. The number of aromatic nitrogens is 3. The fourth-order valence-corrected chi connectivity index (χ4v) is 2.53. The van der Waals surface area contributed by atoms with E-state index in [1.54, 1.807) is 18.5 Å². The third-order valence-corrected chi connectivity index (χ3v) is 4.04. The van der Waals surface area contributed by atoms with Crippen LogP contribution in [0.1, 0.15) is 11.1 Å². The van der Waals surface area contributed by atoms with E-state index in [4.69, 9.17) is 0 Å². The number of piperazine rings is 1. The SMILES string of the molecule is CN1CCN(c2ncc(CNc3cnccc3CO)cn2)CC1. The van der Waals surface area contributed by atoms with E-state index in [-0.39, 0.29) is 6.61 Å². The Kier molecular flexibility index (Phi) is 4.99. The van der Waals surface area contributed by atoms with Gasteiger partial charge in [0.2, 0.25) is 5.95 Å². The summed E-state index contributed by atoms with van der Waals surface area (Å²) in [4.78, 5) is 17.5. The number of aliphatic hydroxyl groups excluding tert-OH is 1. The van der Waals surface area contributed by atoms with Crippen molar-refractivity contribution in [3.05, 3.63) is 42.0 Å². The van der Waals surface area contributed by atoms with Crippen LogP contribution in [0.3, 0.4) is 0 Å². The standard InChI is InChI=1S/C16H22N6O/c1-21-4-6-22(7-5-21)16-19-9-13(10-20-16)8-18-15-11-17-3-2-14(15)12-23/h2-3,9-11,18,23H,4-8,12H2,1H3. The van der Waals surface area contributed by atoms with Crippen LogP contribution in [0.25, 0.3) is 0 Å². The molecule has 0 aromatic carbocycles. The molecule has 0 spiro atoms. The lowest BCUT2D eigenvalue weighted by molar-refractivity contribution is 0.282. The summed E-state index contributed by atoms with van der Waals surface area (Å²) in [6, 6.07) is 1.80. The van der Waals surface area contributed by atoms with Gasteiger partial charge in [-0.3, -0.25) is 4.98 Å². The van der Waals surface area contributed by atoms with Crippen molar-refractivity contribution in [1.29, 1.82) is 0 Å². The summed E-state index contributed by atoms with van der Waals surface area (Å²) >= 11 is 0. The largest absolute Gasteiger partial charge is 0.392 e. The normalized spacial score (nSPS) is 15.7. The predicted molar refractivity (Wildman–Crippen MR) is 89.2 cm³/mol. The quantitative estimate of drug-likeness (QED) is 0.842. The van der Waals surface area contributed by atoms with Gasteiger partial charge in [0.15, 0.2) is 0 Å². The fourth-order valence-electron chi connectivity index (χ4n) is 2.53. The molecule has 1 saturated heterocycles. The van der Waals surface area contributed by atoms with Gasteiger partial charge >= 0.3 is 0 Å². The molecule has 0 saturated carbocycles. The molecule has 1 aliphatic heterocycles. The van der Waals surface area contributed by atoms with Crippen LogP contribution in [0, 0.1) is 0 Å². The first-order chi connectivity index (χ1) is 11.3. The average Bonchev–Trinajstić information content (AvgIpc) is 2.61. The summed E-state index contributed by atoms with van der Waals surface area (Å²) in [7, 11) is 2.13. The second kappa shape index (κ2) is 7.34. The Morgan fingerprint density at radius 3 is 2.57 bits per heavy atom. The Labute approximate surface area is 136 Å². The maximum Gasteiger partial charge on any atom is 0.225 e. The maximum atomic E-state index is 9.31. The number of likely N-dealkylation sites (N-methyl/N-ethyl adjacent to an activating group) is 1. The van der Waals surface area contributed by atoms with Gasteiger partial charge in [-0.15, -0.1) is 0 Å². The van der Waals surface area contributed by atoms with Crippen LogP contribution < -0.4 is 10.2 Å². The highest BCUT2D eigenvalue weighted by Gasteiger charge is 2.16. The van der Waals surface area contributed by atoms with Gasteiger partial charge in [-0.2, -0.15) is 0 Å². The molecular weight excluding hydrogens is 292 g/mol. The summed E-state index contributed by atoms with van der Waals surface area (Å²) < 4.78 is 0. The van der Waals surface area contributed by atoms with E-state index in [9.17, 15) is 5.11 Å². The number of pyridine rings is 1. The van der Waals surface area contributed by atoms with E-state index in [1.165, 1.54) is 0 Å². The van der Waals surface area contributed by atoms with Gasteiger partial charge in [-0.25, -0.2) is 9.97 Å². The molecule has 2 aromatic rings. The number of rotatable bonds is 5. The maximum absolute atomic E-state index is 9.31. The minimum absolute atomic E-state index is 0.0102. The average molecular weight is 314 g/mol. The first-order valence-corrected chi connectivity index (χ1v) is 7.78. The van der Waals surface area contributed by atoms with Crippen molar-refractivity contribution in [3.63, 3.8) is 0 Å². The van der Waals surface area contributed by atoms with Gasteiger partial charge in [0, 0.05) is 62.4 Å². The summed E-state index contributed by atoms with van der Waals surface area (Å²) in [5, 5.41) is 12.6. The van der Waals surface area contributed by atoms with Crippen molar-refractivity contribution in [3.8, 4) is 0 Å². The van der Waals surface area contributed by atoms with Crippen LogP contribution in [-0.4, -0.2) is 58.2 Å². The van der Waals surface area contributed by atoms with E-state index in [2.05, 4.69) is 37.1 Å². The zero-order valence-electron chi connectivity index (χ0n) is 13.3. The van der Waals surface area contributed by atoms with Crippen LogP contribution in [0.15, 0.2) is 30.9 Å². The lowest BCUT2D eigenvalue weighted by Gasteiger charge is -2.32. The van der Waals surface area contributed by atoms with Gasteiger partial charge in [-0.05, 0) is 13.1 Å². The Balaban J connectivity index is 1.59. The topological polar surface area (TPSA) is 77.4 Å². The van der Waals surface area contributed by atoms with E-state index in [0.29, 0.717) is 6.54 Å². The smallest absolute Gasteiger partial charge is 0.225 e. The van der Waals surface area contributed by atoms with Crippen LogP contribution in [-0.2, 0) is 13.2 Å². The van der Waals surface area contributed by atoms with Gasteiger partial charge in [0.1, 0.15) is 0 Å². The van der Waals surface area contributed by atoms with E-state index in [0.717, 1.165) is 48.9 Å². The first-order valence-electron chi connectivity index (χ1n) is 7.78. The predicted octanol–water partition coefficient (Wildman–Crippen LogP) is 0.728. The number of nitrogens with one attached hydrogen (secondary N) is 1. The number of hydrogen-bond donors (Lipinski definition) is 2. The highest BCUT2D eigenvalue weighted by Crippen LogP contribution is 2.15. The molecule has 3 heterocycles. The molecule has 0 radical (unpaired) electrons. The molecule has 0 amide bonds. The molecule has 0 aliphatic carbocycles. The van der Waals surface area contributed by atoms with E-state index >= 15 is 0 Å². The van der Waals surface area contributed by atoms with Crippen LogP contribution in [0.2, 0.25) is 0 Å². The monoisotopic (exact) mass is 314 g/mol.